The van der Waals surface area contributed by atoms with Crippen LogP contribution in [0.15, 0.2) is 36.4 Å². The van der Waals surface area contributed by atoms with Crippen LogP contribution in [0.5, 0.6) is 0 Å². The van der Waals surface area contributed by atoms with Gasteiger partial charge < -0.3 is 10.6 Å². The minimum absolute atomic E-state index is 0.527. The Balaban J connectivity index is 2.31. The molecule has 0 atom stereocenters. The molecule has 2 aromatic rings. The van der Waals surface area contributed by atoms with Gasteiger partial charge in [0.2, 0.25) is 0 Å². The first-order valence-corrected chi connectivity index (χ1v) is 6.81. The Morgan fingerprint density at radius 1 is 1.00 bits per heavy atom. The molecule has 0 unspecified atom stereocenters. The molecule has 2 N–H and O–H groups in total. The van der Waals surface area contributed by atoms with Gasteiger partial charge in [0, 0.05) is 24.3 Å². The Morgan fingerprint density at radius 2 is 1.58 bits per heavy atom. The van der Waals surface area contributed by atoms with Gasteiger partial charge in [-0.3, -0.25) is 0 Å². The minimum Gasteiger partial charge on any atom is -0.399 e. The predicted octanol–water partition coefficient (Wildman–Crippen LogP) is 4.87. The Labute approximate surface area is 127 Å². The van der Waals surface area contributed by atoms with Crippen LogP contribution < -0.4 is 10.6 Å². The normalized spacial score (nSPS) is 10.5. The lowest BCUT2D eigenvalue weighted by Gasteiger charge is -2.22. The molecule has 0 aliphatic carbocycles. The molecular weight excluding hydrogens is 303 g/mol. The van der Waals surface area contributed by atoms with Crippen LogP contribution in [0.2, 0.25) is 15.1 Å². The maximum atomic E-state index is 6.20. The molecule has 0 radical (unpaired) electrons. The van der Waals surface area contributed by atoms with Gasteiger partial charge in [-0.2, -0.15) is 0 Å². The van der Waals surface area contributed by atoms with Crippen molar-refractivity contribution in [1.29, 1.82) is 0 Å². The van der Waals surface area contributed by atoms with Gasteiger partial charge in [0.1, 0.15) is 0 Å². The van der Waals surface area contributed by atoms with Gasteiger partial charge in [-0.25, -0.2) is 0 Å². The summed E-state index contributed by atoms with van der Waals surface area (Å²) in [6.45, 7) is 0.614. The molecule has 2 nitrogen and oxygen atoms in total. The average molecular weight is 316 g/mol. The number of hydrogen-bond donors (Lipinski definition) is 1. The highest BCUT2D eigenvalue weighted by molar-refractivity contribution is 6.39. The molecule has 0 bridgehead atoms. The van der Waals surface area contributed by atoms with E-state index in [9.17, 15) is 0 Å². The van der Waals surface area contributed by atoms with Gasteiger partial charge in [-0.1, -0.05) is 53.0 Å². The summed E-state index contributed by atoms with van der Waals surface area (Å²) in [5, 5.41) is 1.77. The zero-order chi connectivity index (χ0) is 14.0. The van der Waals surface area contributed by atoms with Crippen LogP contribution >= 0.6 is 34.8 Å². The summed E-state index contributed by atoms with van der Waals surface area (Å²) >= 11 is 18.5. The number of hydrogen-bond acceptors (Lipinski definition) is 2. The van der Waals surface area contributed by atoms with E-state index in [2.05, 4.69) is 0 Å². The van der Waals surface area contributed by atoms with Crippen LogP contribution in [-0.2, 0) is 6.54 Å². The predicted molar refractivity (Wildman–Crippen MR) is 84.4 cm³/mol. The molecule has 0 heterocycles. The van der Waals surface area contributed by atoms with Gasteiger partial charge in [0.15, 0.2) is 0 Å². The molecule has 0 fully saturated rings. The lowest BCUT2D eigenvalue weighted by Crippen LogP contribution is -2.17. The minimum atomic E-state index is 0.527. The lowest BCUT2D eigenvalue weighted by atomic mass is 10.2. The Bertz CT molecular complexity index is 576. The Kier molecular flexibility index (Phi) is 4.46. The van der Waals surface area contributed by atoms with Gasteiger partial charge in [0.25, 0.3) is 0 Å². The van der Waals surface area contributed by atoms with Crippen LogP contribution in [-0.4, -0.2) is 7.05 Å². The van der Waals surface area contributed by atoms with E-state index in [0.717, 1.165) is 16.3 Å². The topological polar surface area (TPSA) is 29.3 Å². The molecule has 5 heteroatoms. The molecule has 0 aromatic heterocycles. The van der Waals surface area contributed by atoms with E-state index in [1.165, 1.54) is 0 Å². The number of anilines is 2. The third-order valence-electron chi connectivity index (χ3n) is 2.79. The molecule has 19 heavy (non-hydrogen) atoms. The van der Waals surface area contributed by atoms with Crippen molar-refractivity contribution in [3.63, 3.8) is 0 Å². The molecule has 0 aliphatic heterocycles. The standard InChI is InChI=1S/C14H13Cl3N2/c1-19(8-9-4-2-3-5-11(9)15)14-12(16)6-10(18)7-13(14)17/h2-7H,8,18H2,1H3. The van der Waals surface area contributed by atoms with Gasteiger partial charge >= 0.3 is 0 Å². The molecular formula is C14H13Cl3N2. The van der Waals surface area contributed by atoms with E-state index >= 15 is 0 Å². The fourth-order valence-corrected chi connectivity index (χ4v) is 2.90. The molecule has 2 rings (SSSR count). The van der Waals surface area contributed by atoms with Crippen molar-refractivity contribution in [3.8, 4) is 0 Å². The van der Waals surface area contributed by atoms with Crippen LogP contribution in [0.25, 0.3) is 0 Å². The molecule has 0 amide bonds. The van der Waals surface area contributed by atoms with Gasteiger partial charge in [-0.05, 0) is 23.8 Å². The number of nitrogen functional groups attached to an aromatic ring is 1. The number of rotatable bonds is 3. The van der Waals surface area contributed by atoms with Crippen LogP contribution in [0.3, 0.4) is 0 Å². The molecule has 0 spiro atoms. The monoisotopic (exact) mass is 314 g/mol. The molecule has 0 saturated heterocycles. The van der Waals surface area contributed by atoms with Crippen molar-refractivity contribution in [2.45, 2.75) is 6.54 Å². The van der Waals surface area contributed by atoms with E-state index in [0.29, 0.717) is 22.3 Å². The zero-order valence-corrected chi connectivity index (χ0v) is 12.6. The maximum Gasteiger partial charge on any atom is 0.0746 e. The van der Waals surface area contributed by atoms with Crippen molar-refractivity contribution >= 4 is 46.2 Å². The highest BCUT2D eigenvalue weighted by Crippen LogP contribution is 2.36. The first-order chi connectivity index (χ1) is 8.99. The lowest BCUT2D eigenvalue weighted by molar-refractivity contribution is 0.924. The number of benzene rings is 2. The summed E-state index contributed by atoms with van der Waals surface area (Å²) < 4.78 is 0. The quantitative estimate of drug-likeness (QED) is 0.819. The van der Waals surface area contributed by atoms with Crippen LogP contribution in [0.1, 0.15) is 5.56 Å². The average Bonchev–Trinajstić information content (AvgIpc) is 2.30. The smallest absolute Gasteiger partial charge is 0.0746 e. The highest BCUT2D eigenvalue weighted by atomic mass is 35.5. The Morgan fingerprint density at radius 3 is 2.16 bits per heavy atom. The summed E-state index contributed by atoms with van der Waals surface area (Å²) in [7, 11) is 1.91. The van der Waals surface area contributed by atoms with Crippen LogP contribution in [0, 0.1) is 0 Å². The second kappa shape index (κ2) is 5.91. The molecule has 0 saturated carbocycles. The van der Waals surface area contributed by atoms with E-state index in [1.807, 2.05) is 36.2 Å². The SMILES string of the molecule is CN(Cc1ccccc1Cl)c1c(Cl)cc(N)cc1Cl. The molecule has 2 aromatic carbocycles. The summed E-state index contributed by atoms with van der Waals surface area (Å²) in [5.74, 6) is 0. The molecule has 100 valence electrons. The van der Waals surface area contributed by atoms with Crippen molar-refractivity contribution in [3.05, 3.63) is 57.0 Å². The van der Waals surface area contributed by atoms with Gasteiger partial charge in [0.05, 0.1) is 15.7 Å². The van der Waals surface area contributed by atoms with Crippen molar-refractivity contribution in [2.75, 3.05) is 17.7 Å². The summed E-state index contributed by atoms with van der Waals surface area (Å²) in [6, 6.07) is 11.0. The highest BCUT2D eigenvalue weighted by Gasteiger charge is 2.13. The fourth-order valence-electron chi connectivity index (χ4n) is 1.91. The first kappa shape index (κ1) is 14.3. The summed E-state index contributed by atoms with van der Waals surface area (Å²) in [6.07, 6.45) is 0. The van der Waals surface area contributed by atoms with E-state index in [4.69, 9.17) is 40.5 Å². The fraction of sp³-hybridized carbons (Fsp3) is 0.143. The third kappa shape index (κ3) is 3.27. The van der Waals surface area contributed by atoms with Crippen molar-refractivity contribution < 1.29 is 0 Å². The number of halogens is 3. The third-order valence-corrected chi connectivity index (χ3v) is 3.73. The zero-order valence-electron chi connectivity index (χ0n) is 10.3. The second-order valence-corrected chi connectivity index (χ2v) is 5.50. The summed E-state index contributed by atoms with van der Waals surface area (Å²) in [5.41, 5.74) is 8.00. The van der Waals surface area contributed by atoms with E-state index in [-0.39, 0.29) is 0 Å². The number of nitrogens with two attached hydrogens (primary N) is 1. The van der Waals surface area contributed by atoms with Crippen LogP contribution in [0.4, 0.5) is 11.4 Å². The molecule has 0 aliphatic rings. The van der Waals surface area contributed by atoms with E-state index in [1.54, 1.807) is 12.1 Å². The first-order valence-electron chi connectivity index (χ1n) is 5.68. The van der Waals surface area contributed by atoms with E-state index < -0.39 is 0 Å². The second-order valence-electron chi connectivity index (χ2n) is 4.28. The summed E-state index contributed by atoms with van der Waals surface area (Å²) in [4.78, 5) is 1.95. The largest absolute Gasteiger partial charge is 0.399 e. The Hall–Kier alpha value is -1.09. The number of nitrogens with zero attached hydrogens (tertiary/aromatic N) is 1. The maximum absolute atomic E-state index is 6.20. The van der Waals surface area contributed by atoms with Crippen molar-refractivity contribution in [2.24, 2.45) is 0 Å². The van der Waals surface area contributed by atoms with Crippen molar-refractivity contribution in [1.82, 2.24) is 0 Å². The van der Waals surface area contributed by atoms with Gasteiger partial charge in [-0.15, -0.1) is 0 Å².